The second kappa shape index (κ2) is 14.0. The van der Waals surface area contributed by atoms with E-state index in [2.05, 4.69) is 20.5 Å². The first-order valence-electron chi connectivity index (χ1n) is 15.0. The quantitative estimate of drug-likeness (QED) is 0.177. The Hall–Kier alpha value is -4.73. The molecule has 0 bridgehead atoms. The summed E-state index contributed by atoms with van der Waals surface area (Å²) < 4.78 is 122. The molecular formula is C33H30F9N5O2. The fourth-order valence-corrected chi connectivity index (χ4v) is 5.84. The van der Waals surface area contributed by atoms with Gasteiger partial charge in [0, 0.05) is 61.9 Å². The molecule has 3 N–H and O–H groups in total. The number of hydrogen-bond acceptors (Lipinski definition) is 4. The second-order valence-corrected chi connectivity index (χ2v) is 11.6. The molecule has 0 radical (unpaired) electrons. The lowest BCUT2D eigenvalue weighted by Gasteiger charge is -2.35. The molecule has 4 aromatic rings. The molecule has 0 spiro atoms. The maximum Gasteiger partial charge on any atom is 0.417 e. The van der Waals surface area contributed by atoms with Crippen LogP contribution in [-0.2, 0) is 41.1 Å². The van der Waals surface area contributed by atoms with E-state index in [1.807, 2.05) is 35.2 Å². The molecule has 0 saturated carbocycles. The van der Waals surface area contributed by atoms with E-state index in [0.29, 0.717) is 42.6 Å². The van der Waals surface area contributed by atoms with E-state index in [0.717, 1.165) is 5.69 Å². The Bertz CT molecular complexity index is 1740. The van der Waals surface area contributed by atoms with Gasteiger partial charge in [0.1, 0.15) is 6.04 Å². The van der Waals surface area contributed by atoms with Crippen molar-refractivity contribution in [3.05, 3.63) is 101 Å². The Morgan fingerprint density at radius 1 is 0.776 bits per heavy atom. The molecule has 5 rings (SSSR count). The number of hydrogen-bond donors (Lipinski definition) is 3. The molecule has 1 aliphatic heterocycles. The maximum absolute atomic E-state index is 13.6. The van der Waals surface area contributed by atoms with Crippen LogP contribution in [0.2, 0.25) is 0 Å². The van der Waals surface area contributed by atoms with Crippen LogP contribution in [0.4, 0.5) is 45.2 Å². The van der Waals surface area contributed by atoms with Gasteiger partial charge >= 0.3 is 18.5 Å². The smallest absolute Gasteiger partial charge is 0.369 e. The largest absolute Gasteiger partial charge is 0.417 e. The molecule has 1 saturated heterocycles. The fraction of sp³-hybridized carbons (Fsp3) is 0.333. The van der Waals surface area contributed by atoms with Gasteiger partial charge in [-0.05, 0) is 41.5 Å². The first kappa shape index (κ1) is 35.6. The van der Waals surface area contributed by atoms with Crippen LogP contribution in [0.5, 0.6) is 0 Å². The van der Waals surface area contributed by atoms with Crippen molar-refractivity contribution in [3.8, 4) is 0 Å². The standard InChI is InChI=1S/C33H30F9N5O2/c34-31(35,36)24-14-20(15-25(32(37,38)39)29(24)33(40,41)42)17-44-30(49)27(16-21-18-43-26-9-5-4-8-23(21)26)45-28(48)19-46-10-12-47(13-11-46)22-6-2-1-3-7-22/h1-9,14-15,18,27,43H,10-13,16-17,19H2,(H,44,49)(H,45,48). The highest BCUT2D eigenvalue weighted by molar-refractivity contribution is 5.90. The Balaban J connectivity index is 1.34. The van der Waals surface area contributed by atoms with Gasteiger partial charge in [0.05, 0.1) is 23.2 Å². The zero-order valence-electron chi connectivity index (χ0n) is 25.6. The minimum absolute atomic E-state index is 0.0688. The molecule has 7 nitrogen and oxygen atoms in total. The third-order valence-electron chi connectivity index (χ3n) is 8.17. The minimum Gasteiger partial charge on any atom is -0.369 e. The zero-order chi connectivity index (χ0) is 35.6. The van der Waals surface area contributed by atoms with Crippen LogP contribution in [-0.4, -0.2) is 60.5 Å². The number of benzene rings is 3. The lowest BCUT2D eigenvalue weighted by molar-refractivity contribution is -0.174. The normalized spacial score (nSPS) is 15.3. The molecule has 2 heterocycles. The van der Waals surface area contributed by atoms with E-state index in [-0.39, 0.29) is 25.1 Å². The number of piperazine rings is 1. The van der Waals surface area contributed by atoms with Crippen LogP contribution in [0.3, 0.4) is 0 Å². The van der Waals surface area contributed by atoms with Crippen molar-refractivity contribution >= 4 is 28.4 Å². The number of fused-ring (bicyclic) bond motifs is 1. The number of rotatable bonds is 9. The number of alkyl halides is 9. The van der Waals surface area contributed by atoms with Gasteiger partial charge in [-0.3, -0.25) is 14.5 Å². The van der Waals surface area contributed by atoms with Crippen LogP contribution in [0.25, 0.3) is 10.9 Å². The Morgan fingerprint density at radius 2 is 1.37 bits per heavy atom. The number of H-pyrrole nitrogens is 1. The first-order chi connectivity index (χ1) is 23.0. The first-order valence-corrected chi connectivity index (χ1v) is 15.0. The third-order valence-corrected chi connectivity index (χ3v) is 8.17. The molecule has 1 aliphatic rings. The van der Waals surface area contributed by atoms with E-state index >= 15 is 0 Å². The predicted molar refractivity (Wildman–Crippen MR) is 162 cm³/mol. The number of anilines is 1. The van der Waals surface area contributed by atoms with Gasteiger partial charge < -0.3 is 20.5 Å². The molecule has 49 heavy (non-hydrogen) atoms. The molecule has 16 heteroatoms. The van der Waals surface area contributed by atoms with Crippen molar-refractivity contribution < 1.29 is 49.1 Å². The average molecular weight is 700 g/mol. The number of amides is 2. The lowest BCUT2D eigenvalue weighted by Crippen LogP contribution is -2.53. The fourth-order valence-electron chi connectivity index (χ4n) is 5.84. The molecule has 1 fully saturated rings. The number of aromatic amines is 1. The summed E-state index contributed by atoms with van der Waals surface area (Å²) in [6.07, 6.45) is -16.1. The number of aromatic nitrogens is 1. The van der Waals surface area contributed by atoms with Crippen LogP contribution in [0, 0.1) is 0 Å². The number of carbonyl (C=O) groups is 2. The lowest BCUT2D eigenvalue weighted by atomic mass is 9.95. The summed E-state index contributed by atoms with van der Waals surface area (Å²) in [6.45, 7) is 1.23. The molecule has 262 valence electrons. The van der Waals surface area contributed by atoms with Gasteiger partial charge in [0.25, 0.3) is 0 Å². The molecule has 1 unspecified atom stereocenters. The second-order valence-electron chi connectivity index (χ2n) is 11.6. The minimum atomic E-state index is -5.97. The van der Waals surface area contributed by atoms with Crippen molar-refractivity contribution in [2.75, 3.05) is 37.6 Å². The predicted octanol–water partition coefficient (Wildman–Crippen LogP) is 6.39. The molecule has 2 amide bonds. The van der Waals surface area contributed by atoms with Crippen LogP contribution >= 0.6 is 0 Å². The van der Waals surface area contributed by atoms with Crippen LogP contribution in [0.15, 0.2) is 72.9 Å². The summed E-state index contributed by atoms with van der Waals surface area (Å²) >= 11 is 0. The monoisotopic (exact) mass is 699 g/mol. The highest BCUT2D eigenvalue weighted by Crippen LogP contribution is 2.47. The van der Waals surface area contributed by atoms with E-state index in [4.69, 9.17) is 0 Å². The van der Waals surface area contributed by atoms with Crippen LogP contribution < -0.4 is 15.5 Å². The summed E-state index contributed by atoms with van der Waals surface area (Å²) in [7, 11) is 0. The van der Waals surface area contributed by atoms with E-state index in [9.17, 15) is 49.1 Å². The van der Waals surface area contributed by atoms with Crippen molar-refractivity contribution in [2.24, 2.45) is 0 Å². The number of nitrogens with one attached hydrogen (secondary N) is 3. The Morgan fingerprint density at radius 3 is 1.96 bits per heavy atom. The highest BCUT2D eigenvalue weighted by atomic mass is 19.4. The molecule has 0 aliphatic carbocycles. The summed E-state index contributed by atoms with van der Waals surface area (Å²) in [5.74, 6) is -1.52. The number of halogens is 9. The van der Waals surface area contributed by atoms with Gasteiger partial charge in [-0.1, -0.05) is 36.4 Å². The third kappa shape index (κ3) is 8.66. The van der Waals surface area contributed by atoms with Gasteiger partial charge in [-0.2, -0.15) is 39.5 Å². The molecular weight excluding hydrogens is 669 g/mol. The summed E-state index contributed by atoms with van der Waals surface area (Å²) in [6, 6.07) is 15.2. The van der Waals surface area contributed by atoms with Crippen LogP contribution in [0.1, 0.15) is 27.8 Å². The molecule has 1 atom stereocenters. The highest BCUT2D eigenvalue weighted by Gasteiger charge is 2.50. The average Bonchev–Trinajstić information content (AvgIpc) is 3.45. The van der Waals surface area contributed by atoms with Gasteiger partial charge in [0.2, 0.25) is 11.8 Å². The van der Waals surface area contributed by atoms with E-state index in [1.54, 1.807) is 30.5 Å². The van der Waals surface area contributed by atoms with Crippen molar-refractivity contribution in [1.29, 1.82) is 0 Å². The van der Waals surface area contributed by atoms with E-state index in [1.165, 1.54) is 0 Å². The number of carbonyl (C=O) groups excluding carboxylic acids is 2. The van der Waals surface area contributed by atoms with Crippen molar-refractivity contribution in [2.45, 2.75) is 37.5 Å². The molecule has 3 aromatic carbocycles. The topological polar surface area (TPSA) is 80.5 Å². The van der Waals surface area contributed by atoms with Gasteiger partial charge in [0.15, 0.2) is 0 Å². The number of nitrogens with zero attached hydrogens (tertiary/aromatic N) is 2. The van der Waals surface area contributed by atoms with Crippen molar-refractivity contribution in [3.63, 3.8) is 0 Å². The van der Waals surface area contributed by atoms with Gasteiger partial charge in [-0.15, -0.1) is 0 Å². The summed E-state index contributed by atoms with van der Waals surface area (Å²) in [5, 5.41) is 5.53. The zero-order valence-corrected chi connectivity index (χ0v) is 25.6. The maximum atomic E-state index is 13.6. The van der Waals surface area contributed by atoms with Crippen molar-refractivity contribution in [1.82, 2.24) is 20.5 Å². The van der Waals surface area contributed by atoms with Gasteiger partial charge in [-0.25, -0.2) is 0 Å². The number of para-hydroxylation sites is 2. The molecule has 1 aromatic heterocycles. The Kier molecular flexibility index (Phi) is 10.2. The van der Waals surface area contributed by atoms with E-state index < -0.39 is 65.2 Å². The Labute approximate surface area is 274 Å². The summed E-state index contributed by atoms with van der Waals surface area (Å²) in [5.41, 5.74) is -6.47. The SMILES string of the molecule is O=C(CN1CCN(c2ccccc2)CC1)NC(Cc1c[nH]c2ccccc12)C(=O)NCc1cc(C(F)(F)F)c(C(F)(F)F)c(C(F)(F)F)c1. The summed E-state index contributed by atoms with van der Waals surface area (Å²) in [4.78, 5) is 33.6.